The molecule has 0 unspecified atom stereocenters. The van der Waals surface area contributed by atoms with Gasteiger partial charge in [-0.2, -0.15) is 9.78 Å². The van der Waals surface area contributed by atoms with Crippen molar-refractivity contribution in [3.63, 3.8) is 0 Å². The number of nitrogens with one attached hydrogen (secondary N) is 1. The van der Waals surface area contributed by atoms with Crippen molar-refractivity contribution in [1.82, 2.24) is 20.0 Å². The van der Waals surface area contributed by atoms with E-state index in [2.05, 4.69) is 20.4 Å². The zero-order valence-electron chi connectivity index (χ0n) is 19.0. The number of phenolic OH excluding ortho intramolecular Hbond substituents is 1. The SMILES string of the molecule is CCOc1cc(/C=N/n2c(N)c(C(=O)NCCCOC)c3nc4ccccc4nc32)ccc1O. The van der Waals surface area contributed by atoms with Gasteiger partial charge in [-0.1, -0.05) is 12.1 Å². The van der Waals surface area contributed by atoms with Crippen LogP contribution in [-0.2, 0) is 4.74 Å². The fourth-order valence-electron chi connectivity index (χ4n) is 3.50. The van der Waals surface area contributed by atoms with E-state index in [9.17, 15) is 9.90 Å². The number of rotatable bonds is 9. The van der Waals surface area contributed by atoms with E-state index in [-0.39, 0.29) is 23.0 Å². The normalized spacial score (nSPS) is 11.5. The van der Waals surface area contributed by atoms with E-state index in [1.807, 2.05) is 31.2 Å². The van der Waals surface area contributed by atoms with E-state index in [1.54, 1.807) is 25.5 Å². The van der Waals surface area contributed by atoms with Gasteiger partial charge in [0.2, 0.25) is 0 Å². The smallest absolute Gasteiger partial charge is 0.257 e. The van der Waals surface area contributed by atoms with Crippen LogP contribution in [0.4, 0.5) is 5.82 Å². The molecule has 10 nitrogen and oxygen atoms in total. The van der Waals surface area contributed by atoms with Crippen LogP contribution in [0.1, 0.15) is 29.3 Å². The van der Waals surface area contributed by atoms with Crippen LogP contribution >= 0.6 is 0 Å². The van der Waals surface area contributed by atoms with Crippen LogP contribution in [0.3, 0.4) is 0 Å². The molecule has 2 heterocycles. The van der Waals surface area contributed by atoms with Crippen LogP contribution in [-0.4, -0.2) is 58.7 Å². The Morgan fingerprint density at radius 2 is 2.00 bits per heavy atom. The molecular formula is C24H26N6O4. The topological polar surface area (TPSA) is 137 Å². The molecule has 0 aliphatic rings. The highest BCUT2D eigenvalue weighted by atomic mass is 16.5. The van der Waals surface area contributed by atoms with Crippen molar-refractivity contribution in [1.29, 1.82) is 0 Å². The van der Waals surface area contributed by atoms with Crippen molar-refractivity contribution in [3.8, 4) is 11.5 Å². The molecule has 4 N–H and O–H groups in total. The fourth-order valence-corrected chi connectivity index (χ4v) is 3.50. The van der Waals surface area contributed by atoms with Gasteiger partial charge >= 0.3 is 0 Å². The van der Waals surface area contributed by atoms with Crippen LogP contribution in [0.5, 0.6) is 11.5 Å². The van der Waals surface area contributed by atoms with E-state index >= 15 is 0 Å². The summed E-state index contributed by atoms with van der Waals surface area (Å²) < 4.78 is 11.9. The molecule has 1 amide bonds. The highest BCUT2D eigenvalue weighted by molar-refractivity contribution is 6.10. The molecule has 4 aromatic rings. The molecular weight excluding hydrogens is 436 g/mol. The van der Waals surface area contributed by atoms with Gasteiger partial charge in [-0.3, -0.25) is 4.79 Å². The van der Waals surface area contributed by atoms with Crippen molar-refractivity contribution < 1.29 is 19.4 Å². The number of ether oxygens (including phenoxy) is 2. The third-order valence-corrected chi connectivity index (χ3v) is 5.12. The molecule has 0 saturated carbocycles. The average Bonchev–Trinajstić information content (AvgIpc) is 3.11. The lowest BCUT2D eigenvalue weighted by atomic mass is 10.2. The highest BCUT2D eigenvalue weighted by Gasteiger charge is 2.23. The number of carbonyl (C=O) groups is 1. The molecule has 4 rings (SSSR count). The molecule has 0 aliphatic heterocycles. The summed E-state index contributed by atoms with van der Waals surface area (Å²) >= 11 is 0. The summed E-state index contributed by atoms with van der Waals surface area (Å²) in [6.07, 6.45) is 2.21. The summed E-state index contributed by atoms with van der Waals surface area (Å²) in [5.74, 6) is 0.142. The quantitative estimate of drug-likeness (QED) is 0.257. The minimum absolute atomic E-state index is 0.0368. The molecule has 0 fully saturated rings. The number of aromatic hydroxyl groups is 1. The number of amides is 1. The van der Waals surface area contributed by atoms with Crippen molar-refractivity contribution in [2.24, 2.45) is 5.10 Å². The van der Waals surface area contributed by atoms with Gasteiger partial charge in [0.05, 0.1) is 23.9 Å². The minimum atomic E-state index is -0.361. The first-order valence-electron chi connectivity index (χ1n) is 10.9. The fraction of sp³-hybridized carbons (Fsp3) is 0.250. The summed E-state index contributed by atoms with van der Waals surface area (Å²) in [6, 6.07) is 12.2. The maximum Gasteiger partial charge on any atom is 0.257 e. The summed E-state index contributed by atoms with van der Waals surface area (Å²) in [7, 11) is 1.61. The number of fused-ring (bicyclic) bond motifs is 2. The van der Waals surface area contributed by atoms with Gasteiger partial charge in [-0.15, -0.1) is 0 Å². The third-order valence-electron chi connectivity index (χ3n) is 5.12. The average molecular weight is 463 g/mol. The Kier molecular flexibility index (Phi) is 6.88. The molecule has 0 saturated heterocycles. The Bertz CT molecular complexity index is 1360. The van der Waals surface area contributed by atoms with Crippen LogP contribution in [0.2, 0.25) is 0 Å². The predicted octanol–water partition coefficient (Wildman–Crippen LogP) is 2.92. The van der Waals surface area contributed by atoms with Gasteiger partial charge in [0.25, 0.3) is 5.91 Å². The van der Waals surface area contributed by atoms with E-state index in [1.165, 1.54) is 10.7 Å². The number of hydrogen-bond donors (Lipinski definition) is 3. The van der Waals surface area contributed by atoms with Crippen molar-refractivity contribution >= 4 is 40.1 Å². The zero-order chi connectivity index (χ0) is 24.1. The Balaban J connectivity index is 1.79. The largest absolute Gasteiger partial charge is 0.504 e. The van der Waals surface area contributed by atoms with Crippen molar-refractivity contribution in [2.45, 2.75) is 13.3 Å². The summed E-state index contributed by atoms with van der Waals surface area (Å²) in [6.45, 7) is 3.20. The van der Waals surface area contributed by atoms with E-state index in [4.69, 9.17) is 15.2 Å². The van der Waals surface area contributed by atoms with Gasteiger partial charge in [0.15, 0.2) is 17.1 Å². The standard InChI is InChI=1S/C24H26N6O4/c1-3-34-19-13-15(9-10-18(19)31)14-27-30-22(25)20(24(32)26-11-6-12-33-2)21-23(30)29-17-8-5-4-7-16(17)28-21/h4-5,7-10,13-14,31H,3,6,11-12,25H2,1-2H3,(H,26,32)/b27-14+. The lowest BCUT2D eigenvalue weighted by Crippen LogP contribution is -2.26. The molecule has 0 spiro atoms. The number of nitrogen functional groups attached to an aromatic ring is 1. The second-order valence-corrected chi connectivity index (χ2v) is 7.46. The van der Waals surface area contributed by atoms with Crippen LogP contribution in [0, 0.1) is 0 Å². The Hall–Kier alpha value is -4.18. The van der Waals surface area contributed by atoms with Crippen molar-refractivity contribution in [3.05, 3.63) is 53.6 Å². The van der Waals surface area contributed by atoms with E-state index in [0.29, 0.717) is 59.7 Å². The highest BCUT2D eigenvalue weighted by Crippen LogP contribution is 2.29. The van der Waals surface area contributed by atoms with E-state index < -0.39 is 0 Å². The Morgan fingerprint density at radius 3 is 2.74 bits per heavy atom. The zero-order valence-corrected chi connectivity index (χ0v) is 19.0. The number of aromatic nitrogens is 3. The van der Waals surface area contributed by atoms with Gasteiger partial charge in [0, 0.05) is 20.3 Å². The number of methoxy groups -OCH3 is 1. The predicted molar refractivity (Wildman–Crippen MR) is 131 cm³/mol. The third kappa shape index (κ3) is 4.62. The first kappa shape index (κ1) is 23.0. The number of nitrogens with zero attached hydrogens (tertiary/aromatic N) is 4. The summed E-state index contributed by atoms with van der Waals surface area (Å²) in [5.41, 5.74) is 9.29. The van der Waals surface area contributed by atoms with Crippen LogP contribution in [0.25, 0.3) is 22.2 Å². The maximum atomic E-state index is 13.0. The molecule has 10 heteroatoms. The number of nitrogens with two attached hydrogens (primary N) is 1. The van der Waals surface area contributed by atoms with Crippen LogP contribution in [0.15, 0.2) is 47.6 Å². The van der Waals surface area contributed by atoms with Gasteiger partial charge in [0.1, 0.15) is 16.9 Å². The lowest BCUT2D eigenvalue weighted by Gasteiger charge is -2.06. The number of benzene rings is 2. The van der Waals surface area contributed by atoms with Gasteiger partial charge in [-0.05, 0) is 49.2 Å². The molecule has 176 valence electrons. The number of anilines is 1. The molecule has 0 aliphatic carbocycles. The van der Waals surface area contributed by atoms with E-state index in [0.717, 1.165) is 0 Å². The molecule has 2 aromatic carbocycles. The van der Waals surface area contributed by atoms with Crippen LogP contribution < -0.4 is 15.8 Å². The first-order chi connectivity index (χ1) is 16.5. The molecule has 0 bridgehead atoms. The molecule has 0 atom stereocenters. The second kappa shape index (κ2) is 10.2. The summed E-state index contributed by atoms with van der Waals surface area (Å²) in [5, 5.41) is 17.3. The molecule has 2 aromatic heterocycles. The lowest BCUT2D eigenvalue weighted by molar-refractivity contribution is 0.0951. The van der Waals surface area contributed by atoms with Gasteiger partial charge < -0.3 is 25.6 Å². The molecule has 0 radical (unpaired) electrons. The Labute approximate surface area is 196 Å². The van der Waals surface area contributed by atoms with Gasteiger partial charge in [-0.25, -0.2) is 9.97 Å². The maximum absolute atomic E-state index is 13.0. The Morgan fingerprint density at radius 1 is 1.24 bits per heavy atom. The van der Waals surface area contributed by atoms with Crippen molar-refractivity contribution in [2.75, 3.05) is 32.6 Å². The summed E-state index contributed by atoms with van der Waals surface area (Å²) in [4.78, 5) is 22.3. The monoisotopic (exact) mass is 462 g/mol. The second-order valence-electron chi connectivity index (χ2n) is 7.46. The molecule has 34 heavy (non-hydrogen) atoms. The minimum Gasteiger partial charge on any atom is -0.504 e. The number of hydrogen-bond acceptors (Lipinski definition) is 8. The first-order valence-corrected chi connectivity index (χ1v) is 10.9. The number of carbonyl (C=O) groups excluding carboxylic acids is 1. The number of phenols is 1. The number of para-hydroxylation sites is 2.